The number of methoxy groups -OCH3 is 1. The summed E-state index contributed by atoms with van der Waals surface area (Å²) in [6.45, 7) is 6.92. The molecule has 0 spiro atoms. The van der Waals surface area contributed by atoms with Crippen LogP contribution in [0.3, 0.4) is 0 Å². The van der Waals surface area contributed by atoms with Gasteiger partial charge in [-0.05, 0) is 55.6 Å². The lowest BCUT2D eigenvalue weighted by Gasteiger charge is -2.29. The van der Waals surface area contributed by atoms with Gasteiger partial charge in [0, 0.05) is 17.8 Å². The molecule has 5 heteroatoms. The van der Waals surface area contributed by atoms with E-state index in [1.54, 1.807) is 7.11 Å². The molecule has 150 valence electrons. The van der Waals surface area contributed by atoms with Crippen LogP contribution in [0.4, 0.5) is 10.5 Å². The minimum absolute atomic E-state index is 0.103. The van der Waals surface area contributed by atoms with Gasteiger partial charge in [-0.3, -0.25) is 4.90 Å². The van der Waals surface area contributed by atoms with Crippen molar-refractivity contribution in [1.29, 1.82) is 0 Å². The molecule has 2 aromatic rings. The van der Waals surface area contributed by atoms with Crippen LogP contribution in [0.2, 0.25) is 0 Å². The highest BCUT2D eigenvalue weighted by Gasteiger charge is 2.26. The topological polar surface area (TPSA) is 53.6 Å². The first kappa shape index (κ1) is 20.2. The highest BCUT2D eigenvalue weighted by atomic mass is 16.5. The summed E-state index contributed by atoms with van der Waals surface area (Å²) < 4.78 is 5.57. The number of nitrogens with zero attached hydrogens (tertiary/aromatic N) is 1. The number of carbonyl (C=O) groups excluding carboxylic acids is 1. The van der Waals surface area contributed by atoms with E-state index in [1.807, 2.05) is 36.4 Å². The van der Waals surface area contributed by atoms with E-state index in [1.165, 1.54) is 18.4 Å². The fourth-order valence-corrected chi connectivity index (χ4v) is 3.77. The lowest BCUT2D eigenvalue weighted by molar-refractivity contribution is 0.224. The van der Waals surface area contributed by atoms with Crippen molar-refractivity contribution in [2.24, 2.45) is 0 Å². The zero-order chi connectivity index (χ0) is 19.9. The van der Waals surface area contributed by atoms with Crippen LogP contribution in [-0.2, 0) is 0 Å². The molecule has 2 N–H and O–H groups in total. The van der Waals surface area contributed by atoms with E-state index >= 15 is 0 Å². The first-order valence-corrected chi connectivity index (χ1v) is 10.1. The van der Waals surface area contributed by atoms with Crippen molar-refractivity contribution in [3.05, 3.63) is 59.7 Å². The number of para-hydroxylation sites is 1. The maximum Gasteiger partial charge on any atom is 0.319 e. The van der Waals surface area contributed by atoms with Gasteiger partial charge in [0.05, 0.1) is 13.2 Å². The number of rotatable bonds is 7. The molecule has 0 saturated carbocycles. The van der Waals surface area contributed by atoms with Gasteiger partial charge >= 0.3 is 6.03 Å². The number of hydrogen-bond acceptors (Lipinski definition) is 3. The summed E-state index contributed by atoms with van der Waals surface area (Å²) in [6.07, 6.45) is 2.39. The third-order valence-electron chi connectivity index (χ3n) is 5.35. The Bertz CT molecular complexity index is 785. The Morgan fingerprint density at radius 3 is 2.57 bits per heavy atom. The molecule has 1 saturated heterocycles. The summed E-state index contributed by atoms with van der Waals surface area (Å²) in [5.41, 5.74) is 3.15. The molecule has 0 aromatic heterocycles. The third-order valence-corrected chi connectivity index (χ3v) is 5.35. The van der Waals surface area contributed by atoms with Crippen molar-refractivity contribution in [3.8, 4) is 5.75 Å². The number of hydrogen-bond donors (Lipinski definition) is 2. The largest absolute Gasteiger partial charge is 0.496 e. The standard InChI is InChI=1S/C23H31N3O2/c1-17(2)18-9-8-10-19(15-18)25-23(27)24-16-21(26-13-6-7-14-26)20-11-4-5-12-22(20)28-3/h4-5,8-12,15,17,21H,6-7,13-14,16H2,1-3H3,(H2,24,25,27). The molecular weight excluding hydrogens is 350 g/mol. The van der Waals surface area contributed by atoms with E-state index in [-0.39, 0.29) is 12.1 Å². The first-order valence-electron chi connectivity index (χ1n) is 10.1. The number of anilines is 1. The molecule has 2 aromatic carbocycles. The monoisotopic (exact) mass is 381 g/mol. The number of urea groups is 1. The zero-order valence-electron chi connectivity index (χ0n) is 17.1. The molecule has 5 nitrogen and oxygen atoms in total. The molecular formula is C23H31N3O2. The van der Waals surface area contributed by atoms with Gasteiger partial charge in [0.1, 0.15) is 5.75 Å². The summed E-state index contributed by atoms with van der Waals surface area (Å²) >= 11 is 0. The third kappa shape index (κ3) is 5.04. The van der Waals surface area contributed by atoms with Crippen molar-refractivity contribution in [2.45, 2.75) is 38.6 Å². The molecule has 1 aliphatic rings. The average Bonchev–Trinajstić information content (AvgIpc) is 3.23. The van der Waals surface area contributed by atoms with Crippen LogP contribution < -0.4 is 15.4 Å². The van der Waals surface area contributed by atoms with Gasteiger partial charge in [0.25, 0.3) is 0 Å². The summed E-state index contributed by atoms with van der Waals surface area (Å²) in [5, 5.41) is 6.02. The minimum Gasteiger partial charge on any atom is -0.496 e. The SMILES string of the molecule is COc1ccccc1C(CNC(=O)Nc1cccc(C(C)C)c1)N1CCCC1. The molecule has 0 aliphatic carbocycles. The molecule has 1 aliphatic heterocycles. The van der Waals surface area contributed by atoms with Gasteiger partial charge in [-0.1, -0.05) is 44.2 Å². The van der Waals surface area contributed by atoms with Crippen molar-refractivity contribution in [2.75, 3.05) is 32.1 Å². The Balaban J connectivity index is 1.68. The predicted octanol–water partition coefficient (Wildman–Crippen LogP) is 4.78. The van der Waals surface area contributed by atoms with Crippen LogP contribution in [0.15, 0.2) is 48.5 Å². The van der Waals surface area contributed by atoms with Crippen LogP contribution in [0.5, 0.6) is 5.75 Å². The second-order valence-electron chi connectivity index (χ2n) is 7.62. The lowest BCUT2D eigenvalue weighted by Crippen LogP contribution is -2.38. The van der Waals surface area contributed by atoms with E-state index in [4.69, 9.17) is 4.74 Å². The Morgan fingerprint density at radius 1 is 1.11 bits per heavy atom. The van der Waals surface area contributed by atoms with Crippen molar-refractivity contribution < 1.29 is 9.53 Å². The second kappa shape index (κ2) is 9.60. The summed E-state index contributed by atoms with van der Waals surface area (Å²) in [5.74, 6) is 1.29. The lowest BCUT2D eigenvalue weighted by atomic mass is 10.0. The van der Waals surface area contributed by atoms with E-state index in [0.717, 1.165) is 30.1 Å². The van der Waals surface area contributed by atoms with E-state index < -0.39 is 0 Å². The van der Waals surface area contributed by atoms with Crippen LogP contribution in [0.25, 0.3) is 0 Å². The van der Waals surface area contributed by atoms with Crippen LogP contribution in [-0.4, -0.2) is 37.7 Å². The predicted molar refractivity (Wildman–Crippen MR) is 114 cm³/mol. The highest BCUT2D eigenvalue weighted by Crippen LogP contribution is 2.31. The molecule has 1 fully saturated rings. The van der Waals surface area contributed by atoms with E-state index in [2.05, 4.69) is 41.5 Å². The Labute approximate surface area is 168 Å². The van der Waals surface area contributed by atoms with E-state index in [0.29, 0.717) is 12.5 Å². The average molecular weight is 382 g/mol. The quantitative estimate of drug-likeness (QED) is 0.726. The maximum absolute atomic E-state index is 12.5. The Hall–Kier alpha value is -2.53. The maximum atomic E-state index is 12.5. The number of nitrogens with one attached hydrogen (secondary N) is 2. The molecule has 0 radical (unpaired) electrons. The van der Waals surface area contributed by atoms with Gasteiger partial charge in [-0.2, -0.15) is 0 Å². The van der Waals surface area contributed by atoms with Crippen LogP contribution in [0.1, 0.15) is 49.8 Å². The molecule has 2 amide bonds. The molecule has 1 atom stereocenters. The first-order chi connectivity index (χ1) is 13.6. The van der Waals surface area contributed by atoms with E-state index in [9.17, 15) is 4.79 Å². The summed E-state index contributed by atoms with van der Waals surface area (Å²) in [4.78, 5) is 15.0. The van der Waals surface area contributed by atoms with Crippen molar-refractivity contribution in [1.82, 2.24) is 10.2 Å². The molecule has 1 heterocycles. The van der Waals surface area contributed by atoms with Crippen molar-refractivity contribution >= 4 is 11.7 Å². The van der Waals surface area contributed by atoms with Crippen LogP contribution >= 0.6 is 0 Å². The summed E-state index contributed by atoms with van der Waals surface area (Å²) in [7, 11) is 1.70. The number of benzene rings is 2. The number of carbonyl (C=O) groups is 1. The van der Waals surface area contributed by atoms with Crippen LogP contribution in [0, 0.1) is 0 Å². The molecule has 1 unspecified atom stereocenters. The van der Waals surface area contributed by atoms with Gasteiger partial charge < -0.3 is 15.4 Å². The smallest absolute Gasteiger partial charge is 0.319 e. The molecule has 3 rings (SSSR count). The molecule has 28 heavy (non-hydrogen) atoms. The summed E-state index contributed by atoms with van der Waals surface area (Å²) in [6, 6.07) is 16.0. The minimum atomic E-state index is -0.181. The second-order valence-corrected chi connectivity index (χ2v) is 7.62. The fourth-order valence-electron chi connectivity index (χ4n) is 3.77. The normalized spacial score (nSPS) is 15.4. The Morgan fingerprint density at radius 2 is 1.86 bits per heavy atom. The van der Waals surface area contributed by atoms with Gasteiger partial charge in [-0.25, -0.2) is 4.79 Å². The van der Waals surface area contributed by atoms with Gasteiger partial charge in [-0.15, -0.1) is 0 Å². The Kier molecular flexibility index (Phi) is 6.93. The van der Waals surface area contributed by atoms with Crippen molar-refractivity contribution in [3.63, 3.8) is 0 Å². The molecule has 0 bridgehead atoms. The number of ether oxygens (including phenoxy) is 1. The fraction of sp³-hybridized carbons (Fsp3) is 0.435. The van der Waals surface area contributed by atoms with Gasteiger partial charge in [0.15, 0.2) is 0 Å². The highest BCUT2D eigenvalue weighted by molar-refractivity contribution is 5.89. The van der Waals surface area contributed by atoms with Gasteiger partial charge in [0.2, 0.25) is 0 Å². The zero-order valence-corrected chi connectivity index (χ0v) is 17.1. The number of amides is 2. The number of likely N-dealkylation sites (tertiary alicyclic amines) is 1.